The lowest BCUT2D eigenvalue weighted by molar-refractivity contribution is 0.514. The molecule has 4 nitrogen and oxygen atoms in total. The van der Waals surface area contributed by atoms with E-state index in [1.165, 1.54) is 12.1 Å². The Hall–Kier alpha value is -1.42. The Balaban J connectivity index is 2.11. The van der Waals surface area contributed by atoms with E-state index in [1.54, 1.807) is 0 Å². The van der Waals surface area contributed by atoms with Gasteiger partial charge in [0.15, 0.2) is 0 Å². The van der Waals surface area contributed by atoms with Gasteiger partial charge in [-0.05, 0) is 37.0 Å². The molecule has 2 rings (SSSR count). The Kier molecular flexibility index (Phi) is 5.34. The monoisotopic (exact) mass is 310 g/mol. The van der Waals surface area contributed by atoms with Crippen molar-refractivity contribution in [1.82, 2.24) is 4.72 Å². The van der Waals surface area contributed by atoms with Gasteiger partial charge >= 0.3 is 0 Å². The molecule has 0 bridgehead atoms. The molecule has 0 atom stereocenters. The van der Waals surface area contributed by atoms with Crippen LogP contribution in [-0.4, -0.2) is 21.5 Å². The molecule has 1 fully saturated rings. The lowest BCUT2D eigenvalue weighted by Gasteiger charge is -2.11. The van der Waals surface area contributed by atoms with Gasteiger partial charge in [0.1, 0.15) is 10.7 Å². The summed E-state index contributed by atoms with van der Waals surface area (Å²) in [6.45, 7) is 0.543. The van der Waals surface area contributed by atoms with Gasteiger partial charge in [-0.2, -0.15) is 0 Å². The lowest BCUT2D eigenvalue weighted by atomic mass is 10.1. The summed E-state index contributed by atoms with van der Waals surface area (Å²) in [5.74, 6) is 4.83. The summed E-state index contributed by atoms with van der Waals surface area (Å²) in [4.78, 5) is -0.334. The van der Waals surface area contributed by atoms with Crippen molar-refractivity contribution in [3.05, 3.63) is 29.6 Å². The highest BCUT2D eigenvalue weighted by Crippen LogP contribution is 2.24. The average Bonchev–Trinajstić information content (AvgIpc) is 2.96. The van der Waals surface area contributed by atoms with Crippen LogP contribution in [-0.2, 0) is 10.0 Å². The first-order chi connectivity index (χ1) is 10.0. The van der Waals surface area contributed by atoms with E-state index in [1.807, 2.05) is 0 Å². The summed E-state index contributed by atoms with van der Waals surface area (Å²) < 4.78 is 40.7. The Bertz CT molecular complexity index is 656. The van der Waals surface area contributed by atoms with Gasteiger partial charge in [-0.1, -0.05) is 24.7 Å². The van der Waals surface area contributed by atoms with Crippen LogP contribution in [0.5, 0.6) is 0 Å². The number of hydrogen-bond acceptors (Lipinski definition) is 3. The topological polar surface area (TPSA) is 72.2 Å². The fraction of sp³-hybridized carbons (Fsp3) is 0.467. The maximum Gasteiger partial charge on any atom is 0.243 e. The van der Waals surface area contributed by atoms with Crippen LogP contribution in [0.1, 0.15) is 31.2 Å². The van der Waals surface area contributed by atoms with Gasteiger partial charge in [0.2, 0.25) is 10.0 Å². The summed E-state index contributed by atoms with van der Waals surface area (Å²) in [5.41, 5.74) is 5.65. The second-order valence-corrected chi connectivity index (χ2v) is 6.89. The third kappa shape index (κ3) is 4.27. The molecule has 0 radical (unpaired) electrons. The molecule has 1 aliphatic rings. The molecule has 21 heavy (non-hydrogen) atoms. The van der Waals surface area contributed by atoms with Gasteiger partial charge < -0.3 is 5.73 Å². The second-order valence-electron chi connectivity index (χ2n) is 5.15. The van der Waals surface area contributed by atoms with Crippen LogP contribution < -0.4 is 10.5 Å². The van der Waals surface area contributed by atoms with E-state index < -0.39 is 15.8 Å². The van der Waals surface area contributed by atoms with Crippen molar-refractivity contribution in [2.24, 2.45) is 11.7 Å². The Morgan fingerprint density at radius 3 is 2.67 bits per heavy atom. The molecule has 0 aliphatic heterocycles. The molecule has 0 amide bonds. The minimum atomic E-state index is -3.81. The molecule has 0 unspecified atom stereocenters. The molecule has 1 aliphatic carbocycles. The van der Waals surface area contributed by atoms with Crippen molar-refractivity contribution in [2.75, 3.05) is 13.1 Å². The predicted octanol–water partition coefficient (Wildman–Crippen LogP) is 1.60. The normalized spacial score (nSPS) is 15.7. The molecule has 3 N–H and O–H groups in total. The fourth-order valence-electron chi connectivity index (χ4n) is 2.47. The van der Waals surface area contributed by atoms with E-state index in [0.29, 0.717) is 18.0 Å². The van der Waals surface area contributed by atoms with E-state index in [9.17, 15) is 12.8 Å². The van der Waals surface area contributed by atoms with Crippen molar-refractivity contribution in [3.8, 4) is 11.8 Å². The minimum Gasteiger partial charge on any atom is -0.320 e. The first kappa shape index (κ1) is 16.0. The molecule has 0 aromatic heterocycles. The van der Waals surface area contributed by atoms with Gasteiger partial charge in [0.25, 0.3) is 0 Å². The highest BCUT2D eigenvalue weighted by Gasteiger charge is 2.22. The van der Waals surface area contributed by atoms with Crippen molar-refractivity contribution in [3.63, 3.8) is 0 Å². The molecule has 6 heteroatoms. The first-order valence-electron chi connectivity index (χ1n) is 7.01. The van der Waals surface area contributed by atoms with Crippen molar-refractivity contribution >= 4 is 10.0 Å². The van der Waals surface area contributed by atoms with Gasteiger partial charge in [-0.3, -0.25) is 0 Å². The molecular weight excluding hydrogens is 291 g/mol. The lowest BCUT2D eigenvalue weighted by Crippen LogP contribution is -2.29. The van der Waals surface area contributed by atoms with E-state index in [0.717, 1.165) is 31.7 Å². The maximum absolute atomic E-state index is 14.0. The Morgan fingerprint density at radius 2 is 2.05 bits per heavy atom. The van der Waals surface area contributed by atoms with Crippen molar-refractivity contribution in [1.29, 1.82) is 0 Å². The number of rotatable bonds is 4. The fourth-order valence-corrected chi connectivity index (χ4v) is 3.64. The third-order valence-electron chi connectivity index (χ3n) is 3.59. The molecular formula is C15H19FN2O2S. The zero-order valence-corrected chi connectivity index (χ0v) is 12.5. The van der Waals surface area contributed by atoms with Crippen LogP contribution in [0, 0.1) is 23.6 Å². The predicted molar refractivity (Wildman–Crippen MR) is 79.5 cm³/mol. The van der Waals surface area contributed by atoms with Crippen LogP contribution in [0.25, 0.3) is 0 Å². The standard InChI is InChI=1S/C15H19FN2O2S/c16-14-10-12(6-3-9-17)7-8-15(14)21(19,20)18-11-13-4-1-2-5-13/h7-8,10,13,18H,1-2,4-5,9,11,17H2. The number of benzene rings is 1. The van der Waals surface area contributed by atoms with Crippen LogP contribution >= 0.6 is 0 Å². The Morgan fingerprint density at radius 1 is 1.33 bits per heavy atom. The van der Waals surface area contributed by atoms with Crippen LogP contribution in [0.15, 0.2) is 23.1 Å². The van der Waals surface area contributed by atoms with Crippen molar-refractivity contribution in [2.45, 2.75) is 30.6 Å². The summed E-state index contributed by atoms with van der Waals surface area (Å²) in [6.07, 6.45) is 4.32. The number of sulfonamides is 1. The molecule has 0 heterocycles. The van der Waals surface area contributed by atoms with Gasteiger partial charge in [-0.15, -0.1) is 0 Å². The SMILES string of the molecule is NCC#Cc1ccc(S(=O)(=O)NCC2CCCC2)c(F)c1. The van der Waals surface area contributed by atoms with E-state index in [2.05, 4.69) is 16.6 Å². The number of hydrogen-bond donors (Lipinski definition) is 2. The first-order valence-corrected chi connectivity index (χ1v) is 8.49. The zero-order chi connectivity index (χ0) is 15.3. The quantitative estimate of drug-likeness (QED) is 0.830. The minimum absolute atomic E-state index is 0.171. The summed E-state index contributed by atoms with van der Waals surface area (Å²) >= 11 is 0. The summed E-state index contributed by atoms with van der Waals surface area (Å²) in [7, 11) is -3.81. The molecule has 0 saturated heterocycles. The van der Waals surface area contributed by atoms with E-state index >= 15 is 0 Å². The van der Waals surface area contributed by atoms with Crippen LogP contribution in [0.2, 0.25) is 0 Å². The number of halogens is 1. The molecule has 0 spiro atoms. The number of nitrogens with two attached hydrogens (primary N) is 1. The average molecular weight is 310 g/mol. The zero-order valence-electron chi connectivity index (χ0n) is 11.7. The molecule has 1 saturated carbocycles. The number of nitrogens with one attached hydrogen (secondary N) is 1. The second kappa shape index (κ2) is 7.03. The molecule has 1 aromatic rings. The smallest absolute Gasteiger partial charge is 0.243 e. The third-order valence-corrected chi connectivity index (χ3v) is 5.05. The highest BCUT2D eigenvalue weighted by molar-refractivity contribution is 7.89. The van der Waals surface area contributed by atoms with Crippen LogP contribution in [0.4, 0.5) is 4.39 Å². The van der Waals surface area contributed by atoms with Crippen molar-refractivity contribution < 1.29 is 12.8 Å². The van der Waals surface area contributed by atoms with Crippen LogP contribution in [0.3, 0.4) is 0 Å². The van der Waals surface area contributed by atoms with Gasteiger partial charge in [0, 0.05) is 12.1 Å². The van der Waals surface area contributed by atoms with E-state index in [4.69, 9.17) is 5.73 Å². The largest absolute Gasteiger partial charge is 0.320 e. The van der Waals surface area contributed by atoms with E-state index in [-0.39, 0.29) is 11.4 Å². The maximum atomic E-state index is 14.0. The van der Waals surface area contributed by atoms with Gasteiger partial charge in [-0.25, -0.2) is 17.5 Å². The Labute approximate surface area is 125 Å². The van der Waals surface area contributed by atoms with Gasteiger partial charge in [0.05, 0.1) is 6.54 Å². The highest BCUT2D eigenvalue weighted by atomic mass is 32.2. The summed E-state index contributed by atoms with van der Waals surface area (Å²) in [6, 6.07) is 3.84. The molecule has 1 aromatic carbocycles. The summed E-state index contributed by atoms with van der Waals surface area (Å²) in [5, 5.41) is 0. The molecule has 114 valence electrons.